The quantitative estimate of drug-likeness (QED) is 0.882. The first-order chi connectivity index (χ1) is 10.2. The molecule has 112 valence electrons. The minimum atomic E-state index is -0.261. The van der Waals surface area contributed by atoms with Gasteiger partial charge in [0, 0.05) is 0 Å². The fourth-order valence-corrected chi connectivity index (χ4v) is 2.91. The van der Waals surface area contributed by atoms with Crippen LogP contribution < -0.4 is 10.5 Å². The van der Waals surface area contributed by atoms with Crippen LogP contribution in [0.3, 0.4) is 0 Å². The summed E-state index contributed by atoms with van der Waals surface area (Å²) in [6.45, 7) is 2.86. The first kappa shape index (κ1) is 14.1. The molecule has 4 heteroatoms. The zero-order valence-electron chi connectivity index (χ0n) is 12.6. The smallest absolute Gasteiger partial charge is 0.126 e. The van der Waals surface area contributed by atoms with E-state index in [1.165, 1.54) is 12.8 Å². The van der Waals surface area contributed by atoms with Gasteiger partial charge in [-0.05, 0) is 49.1 Å². The molecule has 3 rings (SSSR count). The zero-order valence-corrected chi connectivity index (χ0v) is 12.6. The van der Waals surface area contributed by atoms with Crippen LogP contribution in [0.4, 0.5) is 0 Å². The number of nitrogens with two attached hydrogens (primary N) is 1. The Bertz CT molecular complexity index is 582. The Balaban J connectivity index is 1.76. The van der Waals surface area contributed by atoms with Gasteiger partial charge in [0.25, 0.3) is 0 Å². The summed E-state index contributed by atoms with van der Waals surface area (Å²) >= 11 is 0. The number of H-pyrrole nitrogens is 1. The molecule has 1 saturated carbocycles. The molecule has 1 aromatic heterocycles. The molecule has 0 atom stereocenters. The van der Waals surface area contributed by atoms with Crippen molar-refractivity contribution in [2.24, 2.45) is 5.73 Å². The summed E-state index contributed by atoms with van der Waals surface area (Å²) in [5.74, 6) is 1.83. The molecule has 0 saturated heterocycles. The van der Waals surface area contributed by atoms with Gasteiger partial charge < -0.3 is 15.5 Å². The molecule has 1 aromatic carbocycles. The maximum atomic E-state index is 6.44. The first-order valence-electron chi connectivity index (χ1n) is 7.79. The Morgan fingerprint density at radius 3 is 2.62 bits per heavy atom. The van der Waals surface area contributed by atoms with E-state index in [9.17, 15) is 0 Å². The molecule has 1 aliphatic rings. The van der Waals surface area contributed by atoms with Gasteiger partial charge in [0.1, 0.15) is 11.6 Å². The van der Waals surface area contributed by atoms with Crippen LogP contribution in [0.5, 0.6) is 5.75 Å². The molecule has 0 unspecified atom stereocenters. The van der Waals surface area contributed by atoms with E-state index in [2.05, 4.69) is 29.0 Å². The standard InChI is InChI=1S/C17H23N3O/c1-2-11-21-14-7-5-13(6-8-14)15-12-19-16(20-15)17(18)9-3-4-10-17/h5-8,12H,2-4,9-11,18H2,1H3,(H,19,20). The van der Waals surface area contributed by atoms with Crippen molar-refractivity contribution in [1.82, 2.24) is 9.97 Å². The molecule has 0 spiro atoms. The number of benzene rings is 1. The van der Waals surface area contributed by atoms with Crippen molar-refractivity contribution in [2.45, 2.75) is 44.6 Å². The van der Waals surface area contributed by atoms with Gasteiger partial charge in [0.05, 0.1) is 24.0 Å². The van der Waals surface area contributed by atoms with Gasteiger partial charge in [-0.1, -0.05) is 19.8 Å². The highest BCUT2D eigenvalue weighted by molar-refractivity contribution is 5.59. The lowest BCUT2D eigenvalue weighted by molar-refractivity contribution is 0.317. The predicted molar refractivity (Wildman–Crippen MR) is 84.1 cm³/mol. The monoisotopic (exact) mass is 285 g/mol. The molecule has 0 bridgehead atoms. The second-order valence-corrected chi connectivity index (χ2v) is 5.88. The van der Waals surface area contributed by atoms with Crippen LogP contribution in [-0.2, 0) is 5.54 Å². The van der Waals surface area contributed by atoms with Crippen molar-refractivity contribution in [3.63, 3.8) is 0 Å². The number of ether oxygens (including phenoxy) is 1. The third kappa shape index (κ3) is 2.95. The number of aromatic nitrogens is 2. The fourth-order valence-electron chi connectivity index (χ4n) is 2.91. The van der Waals surface area contributed by atoms with E-state index in [0.29, 0.717) is 0 Å². The van der Waals surface area contributed by atoms with Crippen molar-refractivity contribution in [1.29, 1.82) is 0 Å². The number of nitrogens with one attached hydrogen (secondary N) is 1. The average Bonchev–Trinajstić information content (AvgIpc) is 3.15. The number of aromatic amines is 1. The van der Waals surface area contributed by atoms with Crippen molar-refractivity contribution in [3.8, 4) is 17.0 Å². The second-order valence-electron chi connectivity index (χ2n) is 5.88. The van der Waals surface area contributed by atoms with Gasteiger partial charge in [0.15, 0.2) is 0 Å². The van der Waals surface area contributed by atoms with E-state index in [1.54, 1.807) is 0 Å². The number of nitrogens with zero attached hydrogens (tertiary/aromatic N) is 1. The highest BCUT2D eigenvalue weighted by Gasteiger charge is 2.33. The lowest BCUT2D eigenvalue weighted by Crippen LogP contribution is -2.34. The van der Waals surface area contributed by atoms with Crippen LogP contribution in [0.15, 0.2) is 30.5 Å². The fraction of sp³-hybridized carbons (Fsp3) is 0.471. The SMILES string of the molecule is CCCOc1ccc(-c2cnc(C3(N)CCCC3)[nH]2)cc1. The number of imidazole rings is 1. The molecule has 0 amide bonds. The van der Waals surface area contributed by atoms with E-state index < -0.39 is 0 Å². The van der Waals surface area contributed by atoms with Gasteiger partial charge >= 0.3 is 0 Å². The molecule has 1 aliphatic carbocycles. The summed E-state index contributed by atoms with van der Waals surface area (Å²) < 4.78 is 5.60. The van der Waals surface area contributed by atoms with Crippen LogP contribution in [0.25, 0.3) is 11.3 Å². The molecule has 21 heavy (non-hydrogen) atoms. The Labute approximate surface area is 125 Å². The van der Waals surface area contributed by atoms with Gasteiger partial charge in [-0.25, -0.2) is 4.98 Å². The van der Waals surface area contributed by atoms with E-state index >= 15 is 0 Å². The van der Waals surface area contributed by atoms with Gasteiger partial charge in [-0.2, -0.15) is 0 Å². The first-order valence-corrected chi connectivity index (χ1v) is 7.79. The van der Waals surface area contributed by atoms with E-state index in [0.717, 1.165) is 48.7 Å². The third-order valence-electron chi connectivity index (χ3n) is 4.18. The third-order valence-corrected chi connectivity index (χ3v) is 4.18. The van der Waals surface area contributed by atoms with Crippen molar-refractivity contribution < 1.29 is 4.74 Å². The van der Waals surface area contributed by atoms with Crippen molar-refractivity contribution in [2.75, 3.05) is 6.61 Å². The molecule has 1 fully saturated rings. The summed E-state index contributed by atoms with van der Waals surface area (Å²) in [7, 11) is 0. The Morgan fingerprint density at radius 2 is 1.95 bits per heavy atom. The second kappa shape index (κ2) is 5.90. The largest absolute Gasteiger partial charge is 0.494 e. The highest BCUT2D eigenvalue weighted by atomic mass is 16.5. The maximum absolute atomic E-state index is 6.44. The molecule has 2 aromatic rings. The highest BCUT2D eigenvalue weighted by Crippen LogP contribution is 2.35. The summed E-state index contributed by atoms with van der Waals surface area (Å²) in [5, 5.41) is 0. The lowest BCUT2D eigenvalue weighted by atomic mass is 9.99. The molecule has 1 heterocycles. The molecule has 3 N–H and O–H groups in total. The molecule has 0 radical (unpaired) electrons. The predicted octanol–water partition coefficient (Wildman–Crippen LogP) is 3.59. The number of rotatable bonds is 5. The van der Waals surface area contributed by atoms with Crippen LogP contribution in [-0.4, -0.2) is 16.6 Å². The minimum absolute atomic E-state index is 0.261. The number of hydrogen-bond acceptors (Lipinski definition) is 3. The topological polar surface area (TPSA) is 63.9 Å². The van der Waals surface area contributed by atoms with Gasteiger partial charge in [-0.15, -0.1) is 0 Å². The molecular formula is C17H23N3O. The van der Waals surface area contributed by atoms with Crippen molar-refractivity contribution >= 4 is 0 Å². The van der Waals surface area contributed by atoms with Gasteiger partial charge in [0.2, 0.25) is 0 Å². The lowest BCUT2D eigenvalue weighted by Gasteiger charge is -2.20. The normalized spacial score (nSPS) is 17.0. The summed E-state index contributed by atoms with van der Waals surface area (Å²) in [6, 6.07) is 8.11. The molecular weight excluding hydrogens is 262 g/mol. The molecule has 0 aliphatic heterocycles. The van der Waals surface area contributed by atoms with Crippen LogP contribution in [0.1, 0.15) is 44.9 Å². The van der Waals surface area contributed by atoms with Crippen LogP contribution in [0.2, 0.25) is 0 Å². The van der Waals surface area contributed by atoms with Crippen LogP contribution >= 0.6 is 0 Å². The van der Waals surface area contributed by atoms with E-state index in [-0.39, 0.29) is 5.54 Å². The van der Waals surface area contributed by atoms with Gasteiger partial charge in [-0.3, -0.25) is 0 Å². The maximum Gasteiger partial charge on any atom is 0.126 e. The summed E-state index contributed by atoms with van der Waals surface area (Å²) in [4.78, 5) is 7.90. The Hall–Kier alpha value is -1.81. The molecule has 4 nitrogen and oxygen atoms in total. The zero-order chi connectivity index (χ0) is 14.7. The Morgan fingerprint density at radius 1 is 1.24 bits per heavy atom. The van der Waals surface area contributed by atoms with Crippen LogP contribution in [0, 0.1) is 0 Å². The van der Waals surface area contributed by atoms with Crippen molar-refractivity contribution in [3.05, 3.63) is 36.3 Å². The average molecular weight is 285 g/mol. The summed E-state index contributed by atoms with van der Waals surface area (Å²) in [6.07, 6.45) is 7.31. The van der Waals surface area contributed by atoms with E-state index in [4.69, 9.17) is 10.5 Å². The Kier molecular flexibility index (Phi) is 3.97. The number of hydrogen-bond donors (Lipinski definition) is 2. The minimum Gasteiger partial charge on any atom is -0.494 e. The summed E-state index contributed by atoms with van der Waals surface area (Å²) in [5.41, 5.74) is 8.30. The van der Waals surface area contributed by atoms with E-state index in [1.807, 2.05) is 18.3 Å².